The molecule has 2 aromatic rings. The Labute approximate surface area is 94.1 Å². The van der Waals surface area contributed by atoms with E-state index in [1.165, 1.54) is 12.4 Å². The minimum atomic E-state index is 0.350. The summed E-state index contributed by atoms with van der Waals surface area (Å²) in [6.45, 7) is 3.99. The summed E-state index contributed by atoms with van der Waals surface area (Å²) in [5.41, 5.74) is 7.71. The Hall–Kier alpha value is -2.10. The summed E-state index contributed by atoms with van der Waals surface area (Å²) < 4.78 is 5.62. The van der Waals surface area contributed by atoms with Crippen LogP contribution in [0.2, 0.25) is 0 Å². The Bertz CT molecular complexity index is 511. The van der Waals surface area contributed by atoms with E-state index >= 15 is 0 Å². The summed E-state index contributed by atoms with van der Waals surface area (Å²) >= 11 is 0. The number of hydrogen-bond donors (Lipinski definition) is 1. The number of rotatable bonds is 2. The molecule has 2 N–H and O–H groups in total. The molecule has 0 radical (unpaired) electrons. The first kappa shape index (κ1) is 10.4. The molecular weight excluding hydrogens is 202 g/mol. The number of benzene rings is 1. The van der Waals surface area contributed by atoms with Crippen LogP contribution in [0.3, 0.4) is 0 Å². The maximum Gasteiger partial charge on any atom is 0.239 e. The van der Waals surface area contributed by atoms with E-state index in [1.54, 1.807) is 0 Å². The minimum absolute atomic E-state index is 0.350. The summed E-state index contributed by atoms with van der Waals surface area (Å²) in [4.78, 5) is 7.95. The Kier molecular flexibility index (Phi) is 2.72. The molecule has 0 amide bonds. The third-order valence-corrected chi connectivity index (χ3v) is 2.19. The lowest BCUT2D eigenvalue weighted by molar-refractivity contribution is 0.457. The largest absolute Gasteiger partial charge is 0.437 e. The minimum Gasteiger partial charge on any atom is -0.437 e. The second-order valence-corrected chi connectivity index (χ2v) is 3.65. The molecule has 16 heavy (non-hydrogen) atoms. The number of anilines is 1. The van der Waals surface area contributed by atoms with Crippen molar-refractivity contribution in [1.82, 2.24) is 9.97 Å². The van der Waals surface area contributed by atoms with Gasteiger partial charge in [-0.25, -0.2) is 0 Å². The number of nitrogens with zero attached hydrogens (tertiary/aromatic N) is 2. The van der Waals surface area contributed by atoms with Crippen LogP contribution in [0.15, 0.2) is 30.6 Å². The van der Waals surface area contributed by atoms with Crippen LogP contribution in [-0.2, 0) is 0 Å². The van der Waals surface area contributed by atoms with Crippen LogP contribution in [0.4, 0.5) is 5.82 Å². The van der Waals surface area contributed by atoms with Crippen molar-refractivity contribution in [2.75, 3.05) is 5.73 Å². The monoisotopic (exact) mass is 215 g/mol. The molecule has 1 aromatic carbocycles. The van der Waals surface area contributed by atoms with E-state index in [0.717, 1.165) is 16.9 Å². The molecule has 0 saturated carbocycles. The number of hydrogen-bond acceptors (Lipinski definition) is 4. The van der Waals surface area contributed by atoms with Gasteiger partial charge in [-0.3, -0.25) is 4.98 Å². The summed E-state index contributed by atoms with van der Waals surface area (Å²) in [5.74, 6) is 1.54. The van der Waals surface area contributed by atoms with Gasteiger partial charge in [0, 0.05) is 0 Å². The topological polar surface area (TPSA) is 61.0 Å². The van der Waals surface area contributed by atoms with Crippen molar-refractivity contribution in [1.29, 1.82) is 0 Å². The average Bonchev–Trinajstić information content (AvgIpc) is 2.24. The Morgan fingerprint density at radius 2 is 2.00 bits per heavy atom. The van der Waals surface area contributed by atoms with Crippen LogP contribution in [-0.4, -0.2) is 9.97 Å². The van der Waals surface area contributed by atoms with Gasteiger partial charge in [-0.2, -0.15) is 4.98 Å². The number of ether oxygens (including phenoxy) is 1. The molecule has 0 aliphatic heterocycles. The fourth-order valence-electron chi connectivity index (χ4n) is 1.34. The Balaban J connectivity index is 2.30. The maximum atomic E-state index is 5.62. The molecule has 82 valence electrons. The summed E-state index contributed by atoms with van der Waals surface area (Å²) in [5, 5.41) is 0. The van der Waals surface area contributed by atoms with Crippen LogP contribution in [0.5, 0.6) is 11.6 Å². The zero-order valence-corrected chi connectivity index (χ0v) is 9.27. The van der Waals surface area contributed by atoms with Gasteiger partial charge in [0.1, 0.15) is 11.6 Å². The summed E-state index contributed by atoms with van der Waals surface area (Å²) in [6, 6.07) is 6.00. The molecule has 0 aliphatic carbocycles. The van der Waals surface area contributed by atoms with E-state index in [0.29, 0.717) is 11.7 Å². The highest BCUT2D eigenvalue weighted by Gasteiger charge is 2.03. The predicted octanol–water partition coefficient (Wildman–Crippen LogP) is 2.47. The predicted molar refractivity (Wildman–Crippen MR) is 62.4 cm³/mol. The molecule has 4 nitrogen and oxygen atoms in total. The lowest BCUT2D eigenvalue weighted by Gasteiger charge is -2.08. The van der Waals surface area contributed by atoms with Crippen molar-refractivity contribution in [3.8, 4) is 11.6 Å². The van der Waals surface area contributed by atoms with Crippen LogP contribution in [0.1, 0.15) is 11.1 Å². The van der Waals surface area contributed by atoms with Crippen molar-refractivity contribution < 1.29 is 4.74 Å². The summed E-state index contributed by atoms with van der Waals surface area (Å²) in [6.07, 6.45) is 3.02. The normalized spacial score (nSPS) is 10.1. The van der Waals surface area contributed by atoms with Gasteiger partial charge in [0.2, 0.25) is 5.88 Å². The molecule has 0 fully saturated rings. The van der Waals surface area contributed by atoms with Crippen molar-refractivity contribution in [2.45, 2.75) is 13.8 Å². The molecule has 0 bridgehead atoms. The molecule has 0 unspecified atom stereocenters. The first-order chi connectivity index (χ1) is 7.65. The molecule has 0 spiro atoms. The van der Waals surface area contributed by atoms with Gasteiger partial charge in [-0.1, -0.05) is 12.1 Å². The maximum absolute atomic E-state index is 5.62. The van der Waals surface area contributed by atoms with E-state index < -0.39 is 0 Å². The van der Waals surface area contributed by atoms with Crippen LogP contribution in [0, 0.1) is 13.8 Å². The molecule has 0 aliphatic rings. The first-order valence-electron chi connectivity index (χ1n) is 4.98. The standard InChI is InChI=1S/C12H13N3O/c1-8-3-4-9(2)10(5-8)16-12-7-14-6-11(13)15-12/h3-7H,1-2H3,(H2,13,15). The number of aromatic nitrogens is 2. The number of nitrogens with two attached hydrogens (primary N) is 1. The molecular formula is C12H13N3O. The van der Waals surface area contributed by atoms with E-state index in [9.17, 15) is 0 Å². The Morgan fingerprint density at radius 1 is 1.19 bits per heavy atom. The van der Waals surface area contributed by atoms with Crippen molar-refractivity contribution in [2.24, 2.45) is 0 Å². The van der Waals surface area contributed by atoms with E-state index in [-0.39, 0.29) is 0 Å². The van der Waals surface area contributed by atoms with Crippen molar-refractivity contribution in [3.05, 3.63) is 41.7 Å². The third kappa shape index (κ3) is 2.28. The van der Waals surface area contributed by atoms with E-state index in [4.69, 9.17) is 10.5 Å². The first-order valence-corrected chi connectivity index (χ1v) is 4.98. The molecule has 0 atom stereocenters. The fourth-order valence-corrected chi connectivity index (χ4v) is 1.34. The highest BCUT2D eigenvalue weighted by molar-refractivity contribution is 5.38. The molecule has 1 heterocycles. The van der Waals surface area contributed by atoms with Gasteiger partial charge in [0.15, 0.2) is 0 Å². The fraction of sp³-hybridized carbons (Fsp3) is 0.167. The lowest BCUT2D eigenvalue weighted by atomic mass is 10.1. The van der Waals surface area contributed by atoms with Gasteiger partial charge >= 0.3 is 0 Å². The third-order valence-electron chi connectivity index (χ3n) is 2.19. The molecule has 2 rings (SSSR count). The Morgan fingerprint density at radius 3 is 2.75 bits per heavy atom. The van der Waals surface area contributed by atoms with Gasteiger partial charge in [-0.15, -0.1) is 0 Å². The van der Waals surface area contributed by atoms with E-state index in [2.05, 4.69) is 9.97 Å². The second-order valence-electron chi connectivity index (χ2n) is 3.65. The molecule has 1 aromatic heterocycles. The number of aryl methyl sites for hydroxylation is 2. The zero-order valence-electron chi connectivity index (χ0n) is 9.27. The second kappa shape index (κ2) is 4.18. The molecule has 4 heteroatoms. The van der Waals surface area contributed by atoms with Crippen LogP contribution >= 0.6 is 0 Å². The van der Waals surface area contributed by atoms with Gasteiger partial charge in [-0.05, 0) is 31.0 Å². The van der Waals surface area contributed by atoms with Gasteiger partial charge in [0.05, 0.1) is 12.4 Å². The summed E-state index contributed by atoms with van der Waals surface area (Å²) in [7, 11) is 0. The quantitative estimate of drug-likeness (QED) is 0.835. The SMILES string of the molecule is Cc1ccc(C)c(Oc2cncc(N)n2)c1. The zero-order chi connectivity index (χ0) is 11.5. The molecule has 0 saturated heterocycles. The lowest BCUT2D eigenvalue weighted by Crippen LogP contribution is -1.95. The van der Waals surface area contributed by atoms with Crippen LogP contribution in [0.25, 0.3) is 0 Å². The average molecular weight is 215 g/mol. The van der Waals surface area contributed by atoms with Crippen LogP contribution < -0.4 is 10.5 Å². The number of nitrogen functional groups attached to an aromatic ring is 1. The van der Waals surface area contributed by atoms with Gasteiger partial charge in [0.25, 0.3) is 0 Å². The van der Waals surface area contributed by atoms with Gasteiger partial charge < -0.3 is 10.5 Å². The van der Waals surface area contributed by atoms with Crippen molar-refractivity contribution >= 4 is 5.82 Å². The van der Waals surface area contributed by atoms with E-state index in [1.807, 2.05) is 32.0 Å². The highest BCUT2D eigenvalue weighted by atomic mass is 16.5. The van der Waals surface area contributed by atoms with Crippen molar-refractivity contribution in [3.63, 3.8) is 0 Å². The smallest absolute Gasteiger partial charge is 0.239 e. The highest BCUT2D eigenvalue weighted by Crippen LogP contribution is 2.24.